The molecule has 1 aromatic heterocycles. The zero-order valence-electron chi connectivity index (χ0n) is 6.73. The number of H-pyrrole nitrogens is 1. The maximum Gasteiger partial charge on any atom is 0.204 e. The van der Waals surface area contributed by atoms with E-state index in [-0.39, 0.29) is 0 Å². The van der Waals surface area contributed by atoms with Gasteiger partial charge < -0.3 is 5.43 Å². The highest BCUT2D eigenvalue weighted by Gasteiger charge is 2.00. The normalized spacial score (nSPS) is 9.92. The van der Waals surface area contributed by atoms with Crippen molar-refractivity contribution in [3.8, 4) is 11.4 Å². The third-order valence-corrected chi connectivity index (χ3v) is 1.66. The van der Waals surface area contributed by atoms with Crippen LogP contribution in [0, 0.1) is 0 Å². The first kappa shape index (κ1) is 7.69. The van der Waals surface area contributed by atoms with E-state index >= 15 is 0 Å². The summed E-state index contributed by atoms with van der Waals surface area (Å²) in [6, 6.07) is 7.40. The van der Waals surface area contributed by atoms with Gasteiger partial charge in [0.05, 0.1) is 0 Å². The Bertz CT molecular complexity index is 364. The molecular weight excluding hydrogens is 168 g/mol. The number of hydrogen-bond donors (Lipinski definition) is 3. The molecule has 0 radical (unpaired) electrons. The molecule has 2 rings (SSSR count). The molecule has 13 heavy (non-hydrogen) atoms. The molecule has 66 valence electrons. The van der Waals surface area contributed by atoms with Crippen LogP contribution in [0.3, 0.4) is 0 Å². The summed E-state index contributed by atoms with van der Waals surface area (Å²) >= 11 is 0. The summed E-state index contributed by atoms with van der Waals surface area (Å²) in [6.07, 6.45) is 0. The van der Waals surface area contributed by atoms with E-state index < -0.39 is 0 Å². The summed E-state index contributed by atoms with van der Waals surface area (Å²) in [5, 5.41) is 13.5. The lowest BCUT2D eigenvalue weighted by atomic mass is 10.2. The molecule has 6 heteroatoms. The summed E-state index contributed by atoms with van der Waals surface area (Å²) in [7, 11) is 0. The first-order valence-corrected chi connectivity index (χ1v) is 3.70. The fourth-order valence-corrected chi connectivity index (χ4v) is 1.000. The largest absolute Gasteiger partial charge is 0.324 e. The Hall–Kier alpha value is -1.95. The SMILES string of the molecule is NNc1ccc(-c2nn[nH]n2)cc1. The van der Waals surface area contributed by atoms with Crippen LogP contribution in [0.25, 0.3) is 11.4 Å². The molecule has 0 bridgehead atoms. The van der Waals surface area contributed by atoms with Crippen molar-refractivity contribution in [1.29, 1.82) is 0 Å². The molecule has 6 nitrogen and oxygen atoms in total. The van der Waals surface area contributed by atoms with E-state index in [1.165, 1.54) is 0 Å². The van der Waals surface area contributed by atoms with Crippen LogP contribution < -0.4 is 11.3 Å². The van der Waals surface area contributed by atoms with Crippen LogP contribution in [0.4, 0.5) is 5.69 Å². The van der Waals surface area contributed by atoms with E-state index in [1.807, 2.05) is 24.3 Å². The van der Waals surface area contributed by atoms with E-state index in [0.717, 1.165) is 11.3 Å². The summed E-state index contributed by atoms with van der Waals surface area (Å²) in [5.41, 5.74) is 4.27. The predicted molar refractivity (Wildman–Crippen MR) is 47.4 cm³/mol. The van der Waals surface area contributed by atoms with Crippen LogP contribution in [0.1, 0.15) is 0 Å². The van der Waals surface area contributed by atoms with Gasteiger partial charge in [0.15, 0.2) is 0 Å². The van der Waals surface area contributed by atoms with Gasteiger partial charge in [-0.3, -0.25) is 5.84 Å². The Morgan fingerprint density at radius 3 is 2.54 bits per heavy atom. The van der Waals surface area contributed by atoms with E-state index in [4.69, 9.17) is 5.84 Å². The van der Waals surface area contributed by atoms with Crippen molar-refractivity contribution in [2.24, 2.45) is 5.84 Å². The highest BCUT2D eigenvalue weighted by Crippen LogP contribution is 2.15. The number of hydrazine groups is 1. The van der Waals surface area contributed by atoms with Gasteiger partial charge in [-0.2, -0.15) is 5.21 Å². The molecule has 0 aliphatic heterocycles. The number of nitrogens with one attached hydrogen (secondary N) is 2. The van der Waals surface area contributed by atoms with Gasteiger partial charge in [-0.25, -0.2) is 0 Å². The number of tetrazole rings is 1. The maximum atomic E-state index is 5.22. The minimum atomic E-state index is 0.573. The molecule has 1 aromatic carbocycles. The average molecular weight is 176 g/mol. The summed E-state index contributed by atoms with van der Waals surface area (Å²) < 4.78 is 0. The van der Waals surface area contributed by atoms with Crippen molar-refractivity contribution in [2.75, 3.05) is 5.43 Å². The van der Waals surface area contributed by atoms with Crippen LogP contribution in [0.5, 0.6) is 0 Å². The lowest BCUT2D eigenvalue weighted by molar-refractivity contribution is 0.881. The molecule has 0 spiro atoms. The van der Waals surface area contributed by atoms with Gasteiger partial charge in [0.1, 0.15) is 0 Å². The summed E-state index contributed by atoms with van der Waals surface area (Å²) in [5.74, 6) is 5.79. The summed E-state index contributed by atoms with van der Waals surface area (Å²) in [6.45, 7) is 0. The third-order valence-electron chi connectivity index (χ3n) is 1.66. The van der Waals surface area contributed by atoms with Crippen LogP contribution in [-0.4, -0.2) is 20.6 Å². The lowest BCUT2D eigenvalue weighted by Crippen LogP contribution is -2.05. The molecule has 0 fully saturated rings. The fraction of sp³-hybridized carbons (Fsp3) is 0. The molecular formula is C7H8N6. The zero-order valence-corrected chi connectivity index (χ0v) is 6.73. The molecule has 0 unspecified atom stereocenters. The minimum absolute atomic E-state index is 0.573. The highest BCUT2D eigenvalue weighted by molar-refractivity contribution is 5.58. The van der Waals surface area contributed by atoms with Gasteiger partial charge in [0.2, 0.25) is 5.82 Å². The number of aromatic amines is 1. The van der Waals surface area contributed by atoms with Gasteiger partial charge in [-0.05, 0) is 29.5 Å². The standard InChI is InChI=1S/C7H8N6/c8-9-6-3-1-5(2-4-6)7-10-12-13-11-7/h1-4,9H,8H2,(H,10,11,12,13). The number of anilines is 1. The molecule has 0 aliphatic rings. The Morgan fingerprint density at radius 2 is 2.00 bits per heavy atom. The zero-order chi connectivity index (χ0) is 9.10. The number of nitrogen functional groups attached to an aromatic ring is 1. The highest BCUT2D eigenvalue weighted by atomic mass is 15.5. The molecule has 2 aromatic rings. The van der Waals surface area contributed by atoms with E-state index in [9.17, 15) is 0 Å². The number of benzene rings is 1. The lowest BCUT2D eigenvalue weighted by Gasteiger charge is -1.98. The van der Waals surface area contributed by atoms with E-state index in [1.54, 1.807) is 0 Å². The van der Waals surface area contributed by atoms with Crippen molar-refractivity contribution in [3.63, 3.8) is 0 Å². The van der Waals surface area contributed by atoms with Crippen molar-refractivity contribution in [2.45, 2.75) is 0 Å². The van der Waals surface area contributed by atoms with Crippen LogP contribution in [0.15, 0.2) is 24.3 Å². The second-order valence-corrected chi connectivity index (χ2v) is 2.46. The number of nitrogens with zero attached hydrogens (tertiary/aromatic N) is 3. The quantitative estimate of drug-likeness (QED) is 0.447. The molecule has 0 saturated heterocycles. The second kappa shape index (κ2) is 3.20. The monoisotopic (exact) mass is 176 g/mol. The van der Waals surface area contributed by atoms with Crippen LogP contribution >= 0.6 is 0 Å². The average Bonchev–Trinajstić information content (AvgIpc) is 2.71. The van der Waals surface area contributed by atoms with E-state index in [2.05, 4.69) is 26.0 Å². The van der Waals surface area contributed by atoms with Crippen molar-refractivity contribution in [1.82, 2.24) is 20.6 Å². The van der Waals surface area contributed by atoms with Gasteiger partial charge in [0, 0.05) is 11.3 Å². The summed E-state index contributed by atoms with van der Waals surface area (Å²) in [4.78, 5) is 0. The Kier molecular flexibility index (Phi) is 1.89. The second-order valence-electron chi connectivity index (χ2n) is 2.46. The topological polar surface area (TPSA) is 92.5 Å². The minimum Gasteiger partial charge on any atom is -0.324 e. The Labute approximate surface area is 74.1 Å². The van der Waals surface area contributed by atoms with Crippen LogP contribution in [0.2, 0.25) is 0 Å². The smallest absolute Gasteiger partial charge is 0.204 e. The van der Waals surface area contributed by atoms with Gasteiger partial charge in [-0.1, -0.05) is 0 Å². The first-order chi connectivity index (χ1) is 6.40. The van der Waals surface area contributed by atoms with E-state index in [0.29, 0.717) is 5.82 Å². The van der Waals surface area contributed by atoms with Crippen molar-refractivity contribution < 1.29 is 0 Å². The molecule has 1 heterocycles. The Morgan fingerprint density at radius 1 is 1.23 bits per heavy atom. The number of aromatic nitrogens is 4. The third kappa shape index (κ3) is 1.47. The number of hydrogen-bond acceptors (Lipinski definition) is 5. The molecule has 0 atom stereocenters. The van der Waals surface area contributed by atoms with Crippen molar-refractivity contribution in [3.05, 3.63) is 24.3 Å². The Balaban J connectivity index is 2.33. The van der Waals surface area contributed by atoms with Gasteiger partial charge >= 0.3 is 0 Å². The fourth-order valence-electron chi connectivity index (χ4n) is 1.000. The molecule has 0 amide bonds. The number of rotatable bonds is 2. The predicted octanol–water partition coefficient (Wildman–Crippen LogP) is 0.152. The molecule has 4 N–H and O–H groups in total. The van der Waals surface area contributed by atoms with Gasteiger partial charge in [0.25, 0.3) is 0 Å². The molecule has 0 saturated carbocycles. The van der Waals surface area contributed by atoms with Crippen LogP contribution in [-0.2, 0) is 0 Å². The maximum absolute atomic E-state index is 5.22. The van der Waals surface area contributed by atoms with Gasteiger partial charge in [-0.15, -0.1) is 10.2 Å². The number of nitrogens with two attached hydrogens (primary N) is 1. The van der Waals surface area contributed by atoms with Crippen molar-refractivity contribution >= 4 is 5.69 Å². The molecule has 0 aliphatic carbocycles. The first-order valence-electron chi connectivity index (χ1n) is 3.70.